The fourth-order valence-corrected chi connectivity index (χ4v) is 12.4. The number of piperazine rings is 1. The molecular formula is C70H145N5O4. The summed E-state index contributed by atoms with van der Waals surface area (Å²) in [4.78, 5) is 12.9. The maximum absolute atomic E-state index is 11.4. The molecule has 4 unspecified atom stereocenters. The van der Waals surface area contributed by atoms with E-state index in [0.717, 1.165) is 123 Å². The van der Waals surface area contributed by atoms with Gasteiger partial charge in [-0.1, -0.05) is 298 Å². The van der Waals surface area contributed by atoms with Gasteiger partial charge in [0.2, 0.25) is 0 Å². The van der Waals surface area contributed by atoms with Gasteiger partial charge in [-0.15, -0.1) is 0 Å². The Hall–Kier alpha value is -0.360. The Labute approximate surface area is 495 Å². The molecule has 0 bridgehead atoms. The van der Waals surface area contributed by atoms with Crippen LogP contribution in [0.5, 0.6) is 0 Å². The molecule has 0 aromatic heterocycles. The first-order valence-corrected chi connectivity index (χ1v) is 36.1. The molecule has 0 aromatic carbocycles. The molecule has 1 saturated heterocycles. The fourth-order valence-electron chi connectivity index (χ4n) is 12.4. The summed E-state index contributed by atoms with van der Waals surface area (Å²) >= 11 is 0. The van der Waals surface area contributed by atoms with Crippen molar-refractivity contribution in [3.05, 3.63) is 0 Å². The molecule has 1 fully saturated rings. The van der Waals surface area contributed by atoms with Crippen molar-refractivity contribution < 1.29 is 20.4 Å². The number of hydrogen-bond donors (Lipinski definition) is 4. The van der Waals surface area contributed by atoms with E-state index >= 15 is 0 Å². The maximum Gasteiger partial charge on any atom is 0.0667 e. The molecule has 474 valence electrons. The van der Waals surface area contributed by atoms with Crippen LogP contribution < -0.4 is 0 Å². The maximum atomic E-state index is 11.4. The van der Waals surface area contributed by atoms with E-state index in [9.17, 15) is 20.4 Å². The third-order valence-corrected chi connectivity index (χ3v) is 17.9. The Balaban J connectivity index is 2.89. The summed E-state index contributed by atoms with van der Waals surface area (Å²) in [5, 5.41) is 45.4. The SMILES string of the molecule is CCCCCCCCCCCCN(CCN1CCN(CCN(CC(O)CCCCCCCCCC)CC(O)CCCCCCCCCC)CC1)CCN(CC(O)CCCCCCCCCC)CC(O)CCCCCCCCCC. The summed E-state index contributed by atoms with van der Waals surface area (Å²) < 4.78 is 0. The third-order valence-electron chi connectivity index (χ3n) is 17.9. The van der Waals surface area contributed by atoms with E-state index in [1.165, 1.54) is 244 Å². The number of rotatable bonds is 64. The van der Waals surface area contributed by atoms with Crippen LogP contribution in [-0.2, 0) is 0 Å². The normalized spacial score (nSPS) is 15.3. The molecule has 0 amide bonds. The van der Waals surface area contributed by atoms with Crippen LogP contribution >= 0.6 is 0 Å². The molecule has 0 aliphatic carbocycles. The van der Waals surface area contributed by atoms with Gasteiger partial charge in [-0.3, -0.25) is 19.6 Å². The molecule has 1 aliphatic rings. The van der Waals surface area contributed by atoms with E-state index in [4.69, 9.17) is 0 Å². The second-order valence-electron chi connectivity index (χ2n) is 25.9. The van der Waals surface area contributed by atoms with Gasteiger partial charge >= 0.3 is 0 Å². The Bertz CT molecular complexity index is 1120. The summed E-state index contributed by atoms with van der Waals surface area (Å²) in [7, 11) is 0. The van der Waals surface area contributed by atoms with Crippen molar-refractivity contribution in [2.75, 3.05) is 98.2 Å². The Kier molecular flexibility index (Phi) is 57.6. The van der Waals surface area contributed by atoms with Crippen LogP contribution in [0.4, 0.5) is 0 Å². The highest BCUT2D eigenvalue weighted by atomic mass is 16.3. The number of unbranched alkanes of at least 4 members (excludes halogenated alkanes) is 37. The number of aliphatic hydroxyl groups excluding tert-OH is 4. The van der Waals surface area contributed by atoms with Crippen LogP contribution in [0.2, 0.25) is 0 Å². The summed E-state index contributed by atoms with van der Waals surface area (Å²) in [6.07, 6.45) is 56.9. The lowest BCUT2D eigenvalue weighted by molar-refractivity contribution is 0.0475. The average molecular weight is 1120 g/mol. The van der Waals surface area contributed by atoms with Gasteiger partial charge in [0.15, 0.2) is 0 Å². The Morgan fingerprint density at radius 2 is 0.443 bits per heavy atom. The van der Waals surface area contributed by atoms with Crippen LogP contribution in [0.1, 0.15) is 330 Å². The summed E-state index contributed by atoms with van der Waals surface area (Å²) in [5.74, 6) is 0. The van der Waals surface area contributed by atoms with Gasteiger partial charge in [-0.2, -0.15) is 0 Å². The molecule has 9 nitrogen and oxygen atoms in total. The van der Waals surface area contributed by atoms with Crippen LogP contribution in [0.3, 0.4) is 0 Å². The van der Waals surface area contributed by atoms with Crippen molar-refractivity contribution in [1.82, 2.24) is 24.5 Å². The van der Waals surface area contributed by atoms with Crippen molar-refractivity contribution in [3.8, 4) is 0 Å². The van der Waals surface area contributed by atoms with Crippen LogP contribution in [0.15, 0.2) is 0 Å². The minimum Gasteiger partial charge on any atom is -0.392 e. The molecule has 1 rings (SSSR count). The van der Waals surface area contributed by atoms with Gasteiger partial charge in [-0.05, 0) is 38.6 Å². The Morgan fingerprint density at radius 1 is 0.241 bits per heavy atom. The number of nitrogens with zero attached hydrogens (tertiary/aromatic N) is 5. The van der Waals surface area contributed by atoms with E-state index in [0.29, 0.717) is 26.2 Å². The first-order chi connectivity index (χ1) is 38.7. The van der Waals surface area contributed by atoms with Crippen LogP contribution in [-0.4, -0.2) is 168 Å². The standard InChI is InChI=1S/C70H145N5O4/c1-6-11-16-21-26-31-32-37-42-47-52-71(59-61-74(63-67(76)48-43-38-33-27-22-17-12-7-2)64-68(77)49-44-39-34-28-23-18-13-8-3)53-54-72-55-57-73(58-56-72)60-62-75(65-69(78)50-45-40-35-29-24-19-14-9-4)66-70(79)51-46-41-36-30-25-20-15-10-5/h67-70,76-79H,6-66H2,1-5H3. The molecule has 0 saturated carbocycles. The summed E-state index contributed by atoms with van der Waals surface area (Å²) in [6, 6.07) is 0. The topological polar surface area (TPSA) is 97.1 Å². The van der Waals surface area contributed by atoms with Crippen LogP contribution in [0.25, 0.3) is 0 Å². The van der Waals surface area contributed by atoms with E-state index in [1.807, 2.05) is 0 Å². The van der Waals surface area contributed by atoms with Gasteiger partial charge in [0.25, 0.3) is 0 Å². The van der Waals surface area contributed by atoms with Crippen molar-refractivity contribution in [1.29, 1.82) is 0 Å². The van der Waals surface area contributed by atoms with Gasteiger partial charge in [0.05, 0.1) is 24.4 Å². The van der Waals surface area contributed by atoms with Gasteiger partial charge in [0.1, 0.15) is 0 Å². The first-order valence-electron chi connectivity index (χ1n) is 36.1. The largest absolute Gasteiger partial charge is 0.392 e. The third kappa shape index (κ3) is 51.8. The highest BCUT2D eigenvalue weighted by Gasteiger charge is 2.22. The first kappa shape index (κ1) is 76.7. The minimum atomic E-state index is -0.330. The molecule has 1 heterocycles. The van der Waals surface area contributed by atoms with Crippen molar-refractivity contribution >= 4 is 0 Å². The predicted octanol–water partition coefficient (Wildman–Crippen LogP) is 17.0. The Morgan fingerprint density at radius 3 is 0.709 bits per heavy atom. The second kappa shape index (κ2) is 59.4. The van der Waals surface area contributed by atoms with E-state index < -0.39 is 0 Å². The highest BCUT2D eigenvalue weighted by Crippen LogP contribution is 2.18. The quantitative estimate of drug-likeness (QED) is 0.0444. The zero-order valence-corrected chi connectivity index (χ0v) is 54.5. The molecule has 0 radical (unpaired) electrons. The summed E-state index contributed by atoms with van der Waals surface area (Å²) in [6.45, 7) is 25.6. The van der Waals surface area contributed by atoms with Crippen molar-refractivity contribution in [3.63, 3.8) is 0 Å². The zero-order chi connectivity index (χ0) is 57.3. The molecule has 0 spiro atoms. The summed E-state index contributed by atoms with van der Waals surface area (Å²) in [5.41, 5.74) is 0. The molecule has 79 heavy (non-hydrogen) atoms. The van der Waals surface area contributed by atoms with Crippen LogP contribution in [0, 0.1) is 0 Å². The molecule has 0 aromatic rings. The van der Waals surface area contributed by atoms with Crippen molar-refractivity contribution in [2.24, 2.45) is 0 Å². The van der Waals surface area contributed by atoms with Gasteiger partial charge in [-0.25, -0.2) is 0 Å². The lowest BCUT2D eigenvalue weighted by atomic mass is 10.0. The monoisotopic (exact) mass is 1120 g/mol. The minimum absolute atomic E-state index is 0.322. The average Bonchev–Trinajstić information content (AvgIpc) is 3.44. The van der Waals surface area contributed by atoms with Crippen molar-refractivity contribution in [2.45, 2.75) is 354 Å². The van der Waals surface area contributed by atoms with E-state index in [-0.39, 0.29) is 24.4 Å². The van der Waals surface area contributed by atoms with E-state index in [1.54, 1.807) is 0 Å². The molecule has 9 heteroatoms. The lowest BCUT2D eigenvalue weighted by Crippen LogP contribution is -2.51. The van der Waals surface area contributed by atoms with E-state index in [2.05, 4.69) is 59.1 Å². The second-order valence-corrected chi connectivity index (χ2v) is 25.9. The van der Waals surface area contributed by atoms with Gasteiger partial charge < -0.3 is 25.3 Å². The zero-order valence-electron chi connectivity index (χ0n) is 54.5. The predicted molar refractivity (Wildman–Crippen MR) is 347 cm³/mol. The molecule has 1 aliphatic heterocycles. The van der Waals surface area contributed by atoms with Gasteiger partial charge in [0, 0.05) is 91.6 Å². The smallest absolute Gasteiger partial charge is 0.0667 e. The number of hydrogen-bond acceptors (Lipinski definition) is 9. The number of aliphatic hydroxyl groups is 4. The molecule has 4 atom stereocenters. The highest BCUT2D eigenvalue weighted by molar-refractivity contribution is 4.78. The molecule has 4 N–H and O–H groups in total. The molecular weight excluding hydrogens is 975 g/mol. The lowest BCUT2D eigenvalue weighted by Gasteiger charge is -2.37. The fraction of sp³-hybridized carbons (Fsp3) is 1.00.